The zero-order chi connectivity index (χ0) is 14.4. The minimum atomic E-state index is -2.40. The van der Waals surface area contributed by atoms with Gasteiger partial charge in [0.15, 0.2) is 0 Å². The zero-order valence-corrected chi connectivity index (χ0v) is 11.5. The molecule has 0 bridgehead atoms. The van der Waals surface area contributed by atoms with Crippen molar-refractivity contribution in [1.29, 1.82) is 0 Å². The Morgan fingerprint density at radius 3 is 2.65 bits per heavy atom. The van der Waals surface area contributed by atoms with E-state index in [-0.39, 0.29) is 6.04 Å². The van der Waals surface area contributed by atoms with Gasteiger partial charge < -0.3 is 10.1 Å². The number of rotatable bonds is 7. The molecular formula is C16H19F2NO. The molecule has 0 heterocycles. The standard InChI is InChI=1S/C16H19F2NO/c1-12(19-9-10-20-11-16(17)18)14-8-4-6-13-5-2-3-7-15(13)14/h2-8,12,16,19H,9-11H2,1H3. The molecule has 0 saturated heterocycles. The molecule has 0 radical (unpaired) electrons. The molecule has 1 unspecified atom stereocenters. The third kappa shape index (κ3) is 3.99. The molecule has 0 aromatic heterocycles. The van der Waals surface area contributed by atoms with Crippen LogP contribution in [0.4, 0.5) is 8.78 Å². The summed E-state index contributed by atoms with van der Waals surface area (Å²) in [4.78, 5) is 0. The number of benzene rings is 2. The number of alkyl halides is 2. The number of ether oxygens (including phenoxy) is 1. The molecule has 1 atom stereocenters. The van der Waals surface area contributed by atoms with E-state index in [4.69, 9.17) is 4.74 Å². The third-order valence-corrected chi connectivity index (χ3v) is 3.23. The predicted octanol–water partition coefficient (Wildman–Crippen LogP) is 3.77. The van der Waals surface area contributed by atoms with E-state index in [1.54, 1.807) is 0 Å². The minimum Gasteiger partial charge on any atom is -0.374 e. The first kappa shape index (κ1) is 14.9. The van der Waals surface area contributed by atoms with Gasteiger partial charge in [-0.25, -0.2) is 8.78 Å². The molecule has 4 heteroatoms. The van der Waals surface area contributed by atoms with Gasteiger partial charge in [-0.2, -0.15) is 0 Å². The molecule has 0 aliphatic carbocycles. The maximum absolute atomic E-state index is 11.9. The fourth-order valence-corrected chi connectivity index (χ4v) is 2.26. The first-order valence-electron chi connectivity index (χ1n) is 6.75. The largest absolute Gasteiger partial charge is 0.374 e. The van der Waals surface area contributed by atoms with Crippen molar-refractivity contribution in [3.8, 4) is 0 Å². The second-order valence-electron chi connectivity index (χ2n) is 4.71. The van der Waals surface area contributed by atoms with Crippen LogP contribution >= 0.6 is 0 Å². The lowest BCUT2D eigenvalue weighted by Gasteiger charge is -2.16. The average molecular weight is 279 g/mol. The van der Waals surface area contributed by atoms with Crippen molar-refractivity contribution in [3.05, 3.63) is 48.0 Å². The van der Waals surface area contributed by atoms with Gasteiger partial charge in [0, 0.05) is 12.6 Å². The van der Waals surface area contributed by atoms with Crippen LogP contribution in [0.3, 0.4) is 0 Å². The third-order valence-electron chi connectivity index (χ3n) is 3.23. The Kier molecular flexibility index (Phi) is 5.44. The molecule has 0 amide bonds. The van der Waals surface area contributed by atoms with E-state index in [0.717, 1.165) is 0 Å². The highest BCUT2D eigenvalue weighted by Gasteiger charge is 2.08. The van der Waals surface area contributed by atoms with Gasteiger partial charge in [-0.05, 0) is 23.3 Å². The van der Waals surface area contributed by atoms with Crippen LogP contribution in [-0.4, -0.2) is 26.2 Å². The van der Waals surface area contributed by atoms with Crippen molar-refractivity contribution >= 4 is 10.8 Å². The molecule has 2 aromatic rings. The maximum atomic E-state index is 11.9. The van der Waals surface area contributed by atoms with Gasteiger partial charge in [-0.3, -0.25) is 0 Å². The van der Waals surface area contributed by atoms with Crippen molar-refractivity contribution in [3.63, 3.8) is 0 Å². The smallest absolute Gasteiger partial charge is 0.261 e. The Morgan fingerprint density at radius 2 is 1.85 bits per heavy atom. The van der Waals surface area contributed by atoms with Crippen LogP contribution in [0.25, 0.3) is 10.8 Å². The van der Waals surface area contributed by atoms with Gasteiger partial charge in [0.1, 0.15) is 6.61 Å². The van der Waals surface area contributed by atoms with Gasteiger partial charge in [0.25, 0.3) is 6.43 Å². The van der Waals surface area contributed by atoms with Gasteiger partial charge in [-0.1, -0.05) is 42.5 Å². The highest BCUT2D eigenvalue weighted by molar-refractivity contribution is 5.86. The summed E-state index contributed by atoms with van der Waals surface area (Å²) in [5.74, 6) is 0. The van der Waals surface area contributed by atoms with Crippen LogP contribution in [0.15, 0.2) is 42.5 Å². The Bertz CT molecular complexity index is 539. The maximum Gasteiger partial charge on any atom is 0.261 e. The zero-order valence-electron chi connectivity index (χ0n) is 11.5. The number of nitrogens with one attached hydrogen (secondary N) is 1. The normalized spacial score (nSPS) is 13.0. The van der Waals surface area contributed by atoms with Crippen LogP contribution in [0, 0.1) is 0 Å². The van der Waals surface area contributed by atoms with Crippen molar-refractivity contribution in [1.82, 2.24) is 5.32 Å². The van der Waals surface area contributed by atoms with E-state index >= 15 is 0 Å². The fourth-order valence-electron chi connectivity index (χ4n) is 2.26. The van der Waals surface area contributed by atoms with Crippen LogP contribution in [0.1, 0.15) is 18.5 Å². The lowest BCUT2D eigenvalue weighted by atomic mass is 10.00. The molecule has 0 fully saturated rings. The van der Waals surface area contributed by atoms with Gasteiger partial charge in [0.2, 0.25) is 0 Å². The summed E-state index contributed by atoms with van der Waals surface area (Å²) in [6.07, 6.45) is -2.40. The van der Waals surface area contributed by atoms with Crippen molar-refractivity contribution in [2.75, 3.05) is 19.8 Å². The molecule has 20 heavy (non-hydrogen) atoms. The molecule has 0 aliphatic heterocycles. The van der Waals surface area contributed by atoms with E-state index in [1.807, 2.05) is 18.2 Å². The molecule has 0 aliphatic rings. The van der Waals surface area contributed by atoms with Crippen molar-refractivity contribution < 1.29 is 13.5 Å². The van der Waals surface area contributed by atoms with Crippen LogP contribution in [-0.2, 0) is 4.74 Å². The van der Waals surface area contributed by atoms with Gasteiger partial charge >= 0.3 is 0 Å². The number of hydrogen-bond acceptors (Lipinski definition) is 2. The quantitative estimate of drug-likeness (QED) is 0.779. The molecule has 1 N–H and O–H groups in total. The Balaban J connectivity index is 1.92. The summed E-state index contributed by atoms with van der Waals surface area (Å²) in [6, 6.07) is 14.6. The van der Waals surface area contributed by atoms with Crippen molar-refractivity contribution in [2.45, 2.75) is 19.4 Å². The molecule has 0 saturated carbocycles. The van der Waals surface area contributed by atoms with E-state index < -0.39 is 13.0 Å². The molecular weight excluding hydrogens is 260 g/mol. The second kappa shape index (κ2) is 7.31. The number of halogens is 2. The summed E-state index contributed by atoms with van der Waals surface area (Å²) in [5, 5.41) is 5.71. The van der Waals surface area contributed by atoms with Crippen LogP contribution < -0.4 is 5.32 Å². The number of hydrogen-bond donors (Lipinski definition) is 1. The van der Waals surface area contributed by atoms with Crippen molar-refractivity contribution in [2.24, 2.45) is 0 Å². The monoisotopic (exact) mass is 279 g/mol. The lowest BCUT2D eigenvalue weighted by Crippen LogP contribution is -2.24. The Labute approximate surface area is 117 Å². The second-order valence-corrected chi connectivity index (χ2v) is 4.71. The highest BCUT2D eigenvalue weighted by Crippen LogP contribution is 2.23. The van der Waals surface area contributed by atoms with Gasteiger partial charge in [-0.15, -0.1) is 0 Å². The lowest BCUT2D eigenvalue weighted by molar-refractivity contribution is 0.0183. The Hall–Kier alpha value is -1.52. The summed E-state index contributed by atoms with van der Waals surface area (Å²) >= 11 is 0. The summed E-state index contributed by atoms with van der Waals surface area (Å²) in [5.41, 5.74) is 1.21. The molecule has 2 nitrogen and oxygen atoms in total. The number of fused-ring (bicyclic) bond motifs is 1. The first-order chi connectivity index (χ1) is 9.68. The van der Waals surface area contributed by atoms with E-state index in [2.05, 4.69) is 36.5 Å². The first-order valence-corrected chi connectivity index (χ1v) is 6.75. The van der Waals surface area contributed by atoms with E-state index in [9.17, 15) is 8.78 Å². The van der Waals surface area contributed by atoms with E-state index in [1.165, 1.54) is 16.3 Å². The Morgan fingerprint density at radius 1 is 1.10 bits per heavy atom. The minimum absolute atomic E-state index is 0.149. The average Bonchev–Trinajstić information content (AvgIpc) is 2.45. The van der Waals surface area contributed by atoms with E-state index in [0.29, 0.717) is 13.2 Å². The topological polar surface area (TPSA) is 21.3 Å². The summed E-state index contributed by atoms with van der Waals surface area (Å²) in [6.45, 7) is 2.41. The van der Waals surface area contributed by atoms with Crippen LogP contribution in [0.2, 0.25) is 0 Å². The van der Waals surface area contributed by atoms with Crippen LogP contribution in [0.5, 0.6) is 0 Å². The SMILES string of the molecule is CC(NCCOCC(F)F)c1cccc2ccccc12. The highest BCUT2D eigenvalue weighted by atomic mass is 19.3. The van der Waals surface area contributed by atoms with Gasteiger partial charge in [0.05, 0.1) is 6.61 Å². The predicted molar refractivity (Wildman–Crippen MR) is 77.2 cm³/mol. The molecule has 0 spiro atoms. The summed E-state index contributed by atoms with van der Waals surface area (Å²) in [7, 11) is 0. The fraction of sp³-hybridized carbons (Fsp3) is 0.375. The molecule has 2 rings (SSSR count). The molecule has 2 aromatic carbocycles. The molecule has 108 valence electrons. The summed E-state index contributed by atoms with van der Waals surface area (Å²) < 4.78 is 28.7.